The van der Waals surface area contributed by atoms with Crippen molar-refractivity contribution >= 4 is 5.69 Å². The standard InChI is InChI=1S/C14H25N3/c1-10(13-8-6-5-7-9-13)15-14-11(2)16-17(4)12(14)3/h10,13,15H,5-9H2,1-4H3. The van der Waals surface area contributed by atoms with Gasteiger partial charge in [0.25, 0.3) is 0 Å². The number of hydrogen-bond acceptors (Lipinski definition) is 2. The highest BCUT2D eigenvalue weighted by Gasteiger charge is 2.21. The molecule has 1 aromatic heterocycles. The van der Waals surface area contributed by atoms with Crippen LogP contribution in [-0.4, -0.2) is 15.8 Å². The van der Waals surface area contributed by atoms with Gasteiger partial charge in [0, 0.05) is 13.1 Å². The van der Waals surface area contributed by atoms with Crippen molar-refractivity contribution in [3.05, 3.63) is 11.4 Å². The molecule has 1 fully saturated rings. The molecule has 0 aliphatic heterocycles. The summed E-state index contributed by atoms with van der Waals surface area (Å²) in [5, 5.41) is 8.15. The zero-order valence-electron chi connectivity index (χ0n) is 11.6. The molecule has 0 spiro atoms. The lowest BCUT2D eigenvalue weighted by molar-refractivity contribution is 0.328. The van der Waals surface area contributed by atoms with Crippen LogP contribution in [0, 0.1) is 19.8 Å². The van der Waals surface area contributed by atoms with Crippen LogP contribution in [0.25, 0.3) is 0 Å². The van der Waals surface area contributed by atoms with E-state index < -0.39 is 0 Å². The molecule has 3 nitrogen and oxygen atoms in total. The molecule has 0 saturated heterocycles. The first-order valence-corrected chi connectivity index (χ1v) is 6.86. The zero-order valence-corrected chi connectivity index (χ0v) is 11.6. The summed E-state index contributed by atoms with van der Waals surface area (Å²) in [7, 11) is 2.01. The Kier molecular flexibility index (Phi) is 3.75. The van der Waals surface area contributed by atoms with Crippen LogP contribution in [0.3, 0.4) is 0 Å². The van der Waals surface area contributed by atoms with Crippen LogP contribution in [0.5, 0.6) is 0 Å². The van der Waals surface area contributed by atoms with Crippen molar-refractivity contribution < 1.29 is 0 Å². The molecular formula is C14H25N3. The van der Waals surface area contributed by atoms with E-state index in [-0.39, 0.29) is 0 Å². The number of nitrogens with zero attached hydrogens (tertiary/aromatic N) is 2. The fraction of sp³-hybridized carbons (Fsp3) is 0.786. The molecule has 1 atom stereocenters. The Morgan fingerprint density at radius 2 is 1.88 bits per heavy atom. The number of rotatable bonds is 3. The van der Waals surface area contributed by atoms with E-state index in [1.165, 1.54) is 43.5 Å². The topological polar surface area (TPSA) is 29.9 Å². The average molecular weight is 235 g/mol. The molecule has 96 valence electrons. The van der Waals surface area contributed by atoms with E-state index >= 15 is 0 Å². The Morgan fingerprint density at radius 3 is 2.41 bits per heavy atom. The SMILES string of the molecule is Cc1nn(C)c(C)c1NC(C)C1CCCCC1. The van der Waals surface area contributed by atoms with E-state index in [4.69, 9.17) is 0 Å². The molecular weight excluding hydrogens is 210 g/mol. The Hall–Kier alpha value is -0.990. The van der Waals surface area contributed by atoms with Gasteiger partial charge in [0.1, 0.15) is 0 Å². The largest absolute Gasteiger partial charge is 0.379 e. The van der Waals surface area contributed by atoms with Crippen molar-refractivity contribution in [2.24, 2.45) is 13.0 Å². The minimum Gasteiger partial charge on any atom is -0.379 e. The van der Waals surface area contributed by atoms with Gasteiger partial charge >= 0.3 is 0 Å². The second-order valence-corrected chi connectivity index (χ2v) is 5.50. The van der Waals surface area contributed by atoms with Crippen molar-refractivity contribution in [2.75, 3.05) is 5.32 Å². The van der Waals surface area contributed by atoms with E-state index in [1.54, 1.807) is 0 Å². The summed E-state index contributed by atoms with van der Waals surface area (Å²) in [5.74, 6) is 0.836. The van der Waals surface area contributed by atoms with E-state index in [2.05, 4.69) is 31.2 Å². The van der Waals surface area contributed by atoms with Crippen LogP contribution in [0.4, 0.5) is 5.69 Å². The molecule has 0 radical (unpaired) electrons. The summed E-state index contributed by atoms with van der Waals surface area (Å²) in [6.45, 7) is 6.54. The molecule has 1 heterocycles. The Bertz CT molecular complexity index is 375. The highest BCUT2D eigenvalue weighted by molar-refractivity contribution is 5.52. The van der Waals surface area contributed by atoms with Gasteiger partial charge in [-0.2, -0.15) is 5.10 Å². The zero-order chi connectivity index (χ0) is 12.4. The van der Waals surface area contributed by atoms with E-state index in [9.17, 15) is 0 Å². The third-order valence-electron chi connectivity index (χ3n) is 4.24. The summed E-state index contributed by atoms with van der Waals surface area (Å²) < 4.78 is 1.96. The van der Waals surface area contributed by atoms with Crippen LogP contribution < -0.4 is 5.32 Å². The van der Waals surface area contributed by atoms with E-state index in [1.807, 2.05) is 11.7 Å². The first-order valence-electron chi connectivity index (χ1n) is 6.86. The number of aryl methyl sites for hydroxylation is 2. The number of nitrogens with one attached hydrogen (secondary N) is 1. The van der Waals surface area contributed by atoms with Gasteiger partial charge in [-0.05, 0) is 39.5 Å². The summed E-state index contributed by atoms with van der Waals surface area (Å²) in [4.78, 5) is 0. The molecule has 1 N–H and O–H groups in total. The van der Waals surface area contributed by atoms with Gasteiger partial charge in [-0.1, -0.05) is 19.3 Å². The van der Waals surface area contributed by atoms with Crippen LogP contribution in [0.15, 0.2) is 0 Å². The second kappa shape index (κ2) is 5.11. The Morgan fingerprint density at radius 1 is 1.24 bits per heavy atom. The highest BCUT2D eigenvalue weighted by Crippen LogP contribution is 2.29. The van der Waals surface area contributed by atoms with Gasteiger partial charge < -0.3 is 5.32 Å². The minimum absolute atomic E-state index is 0.567. The van der Waals surface area contributed by atoms with Crippen LogP contribution in [-0.2, 0) is 7.05 Å². The van der Waals surface area contributed by atoms with E-state index in [0.717, 1.165) is 11.6 Å². The molecule has 1 aromatic rings. The summed E-state index contributed by atoms with van der Waals surface area (Å²) in [6, 6.07) is 0.567. The fourth-order valence-electron chi connectivity index (χ4n) is 2.96. The molecule has 17 heavy (non-hydrogen) atoms. The first kappa shape index (κ1) is 12.5. The molecule has 2 rings (SSSR count). The Labute approximate surface area is 105 Å². The number of hydrogen-bond donors (Lipinski definition) is 1. The lowest BCUT2D eigenvalue weighted by Crippen LogP contribution is -2.28. The first-order chi connectivity index (χ1) is 8.09. The predicted octanol–water partition coefficient (Wildman–Crippen LogP) is 3.42. The van der Waals surface area contributed by atoms with Crippen LogP contribution in [0.1, 0.15) is 50.4 Å². The monoisotopic (exact) mass is 235 g/mol. The smallest absolute Gasteiger partial charge is 0.0827 e. The molecule has 1 aliphatic rings. The predicted molar refractivity (Wildman–Crippen MR) is 72.3 cm³/mol. The van der Waals surface area contributed by atoms with Crippen molar-refractivity contribution in [2.45, 2.75) is 58.9 Å². The molecule has 1 aliphatic carbocycles. The van der Waals surface area contributed by atoms with E-state index in [0.29, 0.717) is 6.04 Å². The normalized spacial score (nSPS) is 19.3. The van der Waals surface area contributed by atoms with Gasteiger partial charge in [-0.3, -0.25) is 4.68 Å². The molecule has 0 aromatic carbocycles. The third-order valence-corrected chi connectivity index (χ3v) is 4.24. The maximum Gasteiger partial charge on any atom is 0.0827 e. The maximum atomic E-state index is 4.46. The van der Waals surface area contributed by atoms with Crippen molar-refractivity contribution in [3.8, 4) is 0 Å². The lowest BCUT2D eigenvalue weighted by atomic mass is 9.84. The second-order valence-electron chi connectivity index (χ2n) is 5.50. The van der Waals surface area contributed by atoms with Gasteiger partial charge in [-0.25, -0.2) is 0 Å². The summed E-state index contributed by atoms with van der Waals surface area (Å²) >= 11 is 0. The summed E-state index contributed by atoms with van der Waals surface area (Å²) in [6.07, 6.45) is 7.00. The van der Waals surface area contributed by atoms with Gasteiger partial charge in [0.15, 0.2) is 0 Å². The lowest BCUT2D eigenvalue weighted by Gasteiger charge is -2.29. The van der Waals surface area contributed by atoms with Crippen LogP contribution in [0.2, 0.25) is 0 Å². The van der Waals surface area contributed by atoms with Crippen LogP contribution >= 0.6 is 0 Å². The Balaban J connectivity index is 2.04. The van der Waals surface area contributed by atoms with Crippen molar-refractivity contribution in [1.82, 2.24) is 9.78 Å². The van der Waals surface area contributed by atoms with Crippen molar-refractivity contribution in [3.63, 3.8) is 0 Å². The molecule has 3 heteroatoms. The average Bonchev–Trinajstić information content (AvgIpc) is 2.57. The highest BCUT2D eigenvalue weighted by atomic mass is 15.3. The van der Waals surface area contributed by atoms with Crippen molar-refractivity contribution in [1.29, 1.82) is 0 Å². The van der Waals surface area contributed by atoms with Gasteiger partial charge in [0.2, 0.25) is 0 Å². The fourth-order valence-corrected chi connectivity index (χ4v) is 2.96. The minimum atomic E-state index is 0.567. The number of aromatic nitrogens is 2. The molecule has 0 bridgehead atoms. The molecule has 1 saturated carbocycles. The van der Waals surface area contributed by atoms with Gasteiger partial charge in [-0.15, -0.1) is 0 Å². The molecule has 0 amide bonds. The maximum absolute atomic E-state index is 4.46. The molecule has 1 unspecified atom stereocenters. The van der Waals surface area contributed by atoms with Gasteiger partial charge in [0.05, 0.1) is 17.1 Å². The summed E-state index contributed by atoms with van der Waals surface area (Å²) in [5.41, 5.74) is 3.60. The quantitative estimate of drug-likeness (QED) is 0.870. The number of anilines is 1. The third kappa shape index (κ3) is 2.64.